The Labute approximate surface area is 103 Å². The number of rotatable bonds is 0. The summed E-state index contributed by atoms with van der Waals surface area (Å²) in [5.41, 5.74) is 6.10. The average Bonchev–Trinajstić information content (AvgIpc) is 2.15. The first-order valence-corrected chi connectivity index (χ1v) is 6.93. The standard InChI is InChI=1S/C10H11BrN2O2S/c1-10(2)9(12)13-7-5-6(11)3-4-8(7)16(10,14)15/h3-5H,1-2H3,(H2,12,13). The van der Waals surface area contributed by atoms with Crippen molar-refractivity contribution in [1.29, 1.82) is 0 Å². The second-order valence-corrected chi connectivity index (χ2v) is 7.51. The van der Waals surface area contributed by atoms with Gasteiger partial charge in [-0.05, 0) is 32.0 Å². The van der Waals surface area contributed by atoms with Crippen LogP contribution >= 0.6 is 15.9 Å². The molecule has 2 rings (SSSR count). The third-order valence-electron chi connectivity index (χ3n) is 2.74. The minimum absolute atomic E-state index is 0.123. The molecule has 16 heavy (non-hydrogen) atoms. The molecule has 0 unspecified atom stereocenters. The molecule has 1 aromatic carbocycles. The maximum absolute atomic E-state index is 12.3. The third kappa shape index (κ3) is 1.40. The minimum Gasteiger partial charge on any atom is -0.386 e. The van der Waals surface area contributed by atoms with E-state index in [1.54, 1.807) is 32.0 Å². The highest BCUT2D eigenvalue weighted by Crippen LogP contribution is 2.38. The number of hydrogen-bond donors (Lipinski definition) is 1. The van der Waals surface area contributed by atoms with Crippen LogP contribution in [0.15, 0.2) is 32.6 Å². The predicted molar refractivity (Wildman–Crippen MR) is 66.7 cm³/mol. The van der Waals surface area contributed by atoms with Crippen LogP contribution in [0.5, 0.6) is 0 Å². The van der Waals surface area contributed by atoms with Crippen LogP contribution in [0.3, 0.4) is 0 Å². The first-order chi connectivity index (χ1) is 7.26. The summed E-state index contributed by atoms with van der Waals surface area (Å²) < 4.78 is 24.2. The van der Waals surface area contributed by atoms with Crippen LogP contribution in [-0.4, -0.2) is 19.0 Å². The van der Waals surface area contributed by atoms with Crippen LogP contribution in [0.2, 0.25) is 0 Å². The lowest BCUT2D eigenvalue weighted by Crippen LogP contribution is -2.47. The molecule has 0 saturated heterocycles. The SMILES string of the molecule is CC1(C)C(N)=Nc2cc(Br)ccc2S1(=O)=O. The largest absolute Gasteiger partial charge is 0.386 e. The number of nitrogens with zero attached hydrogens (tertiary/aromatic N) is 1. The second-order valence-electron chi connectivity index (χ2n) is 4.12. The van der Waals surface area contributed by atoms with Crippen molar-refractivity contribution >= 4 is 37.3 Å². The Morgan fingerprint density at radius 3 is 2.62 bits per heavy atom. The highest BCUT2D eigenvalue weighted by atomic mass is 79.9. The van der Waals surface area contributed by atoms with Crippen LogP contribution in [0.1, 0.15) is 13.8 Å². The molecule has 0 aromatic heterocycles. The fourth-order valence-electron chi connectivity index (χ4n) is 1.48. The quantitative estimate of drug-likeness (QED) is 0.796. The molecule has 6 heteroatoms. The molecule has 0 saturated carbocycles. The maximum Gasteiger partial charge on any atom is 0.192 e. The van der Waals surface area contributed by atoms with E-state index in [0.29, 0.717) is 5.69 Å². The smallest absolute Gasteiger partial charge is 0.192 e. The van der Waals surface area contributed by atoms with Gasteiger partial charge in [-0.2, -0.15) is 0 Å². The first-order valence-electron chi connectivity index (χ1n) is 4.65. The first kappa shape index (κ1) is 11.6. The number of sulfone groups is 1. The average molecular weight is 303 g/mol. The van der Waals surface area contributed by atoms with E-state index < -0.39 is 14.6 Å². The van der Waals surface area contributed by atoms with Gasteiger partial charge in [0, 0.05) is 4.47 Å². The van der Waals surface area contributed by atoms with Crippen LogP contribution in [0.4, 0.5) is 5.69 Å². The van der Waals surface area contributed by atoms with E-state index >= 15 is 0 Å². The van der Waals surface area contributed by atoms with Crippen LogP contribution < -0.4 is 5.73 Å². The summed E-state index contributed by atoms with van der Waals surface area (Å²) in [5, 5.41) is 0. The number of halogens is 1. The van der Waals surface area contributed by atoms with Crippen LogP contribution in [-0.2, 0) is 9.84 Å². The molecule has 0 atom stereocenters. The Kier molecular flexibility index (Phi) is 2.40. The molecule has 1 heterocycles. The van der Waals surface area contributed by atoms with Crippen molar-refractivity contribution in [3.05, 3.63) is 22.7 Å². The van der Waals surface area contributed by atoms with Crippen molar-refractivity contribution in [3.8, 4) is 0 Å². The zero-order valence-corrected chi connectivity index (χ0v) is 11.3. The fraction of sp³-hybridized carbons (Fsp3) is 0.300. The topological polar surface area (TPSA) is 72.5 Å². The monoisotopic (exact) mass is 302 g/mol. The molecule has 0 aliphatic carbocycles. The summed E-state index contributed by atoms with van der Waals surface area (Å²) >= 11 is 3.27. The van der Waals surface area contributed by atoms with Crippen molar-refractivity contribution in [1.82, 2.24) is 0 Å². The van der Waals surface area contributed by atoms with Gasteiger partial charge in [-0.25, -0.2) is 13.4 Å². The zero-order chi connectivity index (χ0) is 12.1. The lowest BCUT2D eigenvalue weighted by molar-refractivity contribution is 0.575. The van der Waals surface area contributed by atoms with E-state index in [0.717, 1.165) is 4.47 Å². The third-order valence-corrected chi connectivity index (χ3v) is 5.71. The van der Waals surface area contributed by atoms with Crippen LogP contribution in [0, 0.1) is 0 Å². The van der Waals surface area contributed by atoms with E-state index in [1.807, 2.05) is 0 Å². The molecule has 0 bridgehead atoms. The molecular formula is C10H11BrN2O2S. The lowest BCUT2D eigenvalue weighted by atomic mass is 10.2. The van der Waals surface area contributed by atoms with Gasteiger partial charge in [0.1, 0.15) is 10.6 Å². The van der Waals surface area contributed by atoms with Gasteiger partial charge < -0.3 is 5.73 Å². The van der Waals surface area contributed by atoms with Gasteiger partial charge in [0.05, 0.1) is 10.6 Å². The highest BCUT2D eigenvalue weighted by Gasteiger charge is 2.43. The maximum atomic E-state index is 12.3. The van der Waals surface area contributed by atoms with Gasteiger partial charge in [-0.15, -0.1) is 0 Å². The van der Waals surface area contributed by atoms with Crippen molar-refractivity contribution in [2.24, 2.45) is 10.7 Å². The normalized spacial score (nSPS) is 21.1. The summed E-state index contributed by atoms with van der Waals surface area (Å²) in [5.74, 6) is 0.123. The van der Waals surface area contributed by atoms with Crippen molar-refractivity contribution < 1.29 is 8.42 Å². The summed E-state index contributed by atoms with van der Waals surface area (Å²) in [7, 11) is -3.46. The number of amidine groups is 1. The molecule has 4 nitrogen and oxygen atoms in total. The van der Waals surface area contributed by atoms with E-state index in [4.69, 9.17) is 5.73 Å². The molecule has 1 aromatic rings. The van der Waals surface area contributed by atoms with Gasteiger partial charge in [0.15, 0.2) is 9.84 Å². The molecule has 1 aliphatic heterocycles. The number of aliphatic imine (C=N–C) groups is 1. The Hall–Kier alpha value is -0.880. The summed E-state index contributed by atoms with van der Waals surface area (Å²) in [6.45, 7) is 3.12. The van der Waals surface area contributed by atoms with Crippen LogP contribution in [0.25, 0.3) is 0 Å². The van der Waals surface area contributed by atoms with Gasteiger partial charge >= 0.3 is 0 Å². The Morgan fingerprint density at radius 1 is 1.38 bits per heavy atom. The van der Waals surface area contributed by atoms with Gasteiger partial charge in [-0.3, -0.25) is 0 Å². The molecule has 0 fully saturated rings. The van der Waals surface area contributed by atoms with Gasteiger partial charge in [0.2, 0.25) is 0 Å². The summed E-state index contributed by atoms with van der Waals surface area (Å²) in [6, 6.07) is 4.88. The molecular weight excluding hydrogens is 292 g/mol. The molecule has 0 radical (unpaired) electrons. The molecule has 0 amide bonds. The van der Waals surface area contributed by atoms with Gasteiger partial charge in [-0.1, -0.05) is 15.9 Å². The molecule has 2 N–H and O–H groups in total. The Balaban J connectivity index is 2.84. The number of fused-ring (bicyclic) bond motifs is 1. The number of nitrogens with two attached hydrogens (primary N) is 1. The van der Waals surface area contributed by atoms with E-state index in [-0.39, 0.29) is 10.7 Å². The van der Waals surface area contributed by atoms with E-state index in [1.165, 1.54) is 0 Å². The number of benzene rings is 1. The second kappa shape index (κ2) is 3.30. The highest BCUT2D eigenvalue weighted by molar-refractivity contribution is 9.10. The van der Waals surface area contributed by atoms with E-state index in [9.17, 15) is 8.42 Å². The molecule has 1 aliphatic rings. The minimum atomic E-state index is -3.46. The molecule has 86 valence electrons. The zero-order valence-electron chi connectivity index (χ0n) is 8.86. The van der Waals surface area contributed by atoms with Crippen molar-refractivity contribution in [2.75, 3.05) is 0 Å². The summed E-state index contributed by atoms with van der Waals surface area (Å²) in [6.07, 6.45) is 0. The Morgan fingerprint density at radius 2 is 2.00 bits per heavy atom. The summed E-state index contributed by atoms with van der Waals surface area (Å²) in [4.78, 5) is 4.37. The lowest BCUT2D eigenvalue weighted by Gasteiger charge is -2.28. The number of hydrogen-bond acceptors (Lipinski definition) is 4. The van der Waals surface area contributed by atoms with Crippen molar-refractivity contribution in [2.45, 2.75) is 23.5 Å². The fourth-order valence-corrected chi connectivity index (χ4v) is 3.33. The molecule has 0 spiro atoms. The predicted octanol–water partition coefficient (Wildman–Crippen LogP) is 2.00. The Bertz CT molecular complexity index is 591. The van der Waals surface area contributed by atoms with Crippen molar-refractivity contribution in [3.63, 3.8) is 0 Å². The van der Waals surface area contributed by atoms with E-state index in [2.05, 4.69) is 20.9 Å². The van der Waals surface area contributed by atoms with Gasteiger partial charge in [0.25, 0.3) is 0 Å².